The number of halogens is 2. The van der Waals surface area contributed by atoms with Gasteiger partial charge in [0.2, 0.25) is 0 Å². The van der Waals surface area contributed by atoms with Crippen LogP contribution in [0.3, 0.4) is 0 Å². The fourth-order valence-electron chi connectivity index (χ4n) is 2.91. The summed E-state index contributed by atoms with van der Waals surface area (Å²) in [5.74, 6) is 0.454. The van der Waals surface area contributed by atoms with Gasteiger partial charge in [-0.2, -0.15) is 5.10 Å². The van der Waals surface area contributed by atoms with Gasteiger partial charge in [-0.3, -0.25) is 9.48 Å². The van der Waals surface area contributed by atoms with E-state index in [1.165, 1.54) is 5.56 Å². The molecule has 5 nitrogen and oxygen atoms in total. The number of benzene rings is 1. The molecule has 1 saturated heterocycles. The Kier molecular flexibility index (Phi) is 6.47. The SMILES string of the molecule is Cc1ccc(N)cc1C(=O)N1CCC(c2cnn(C)c2)C1.Cl.Cl. The van der Waals surface area contributed by atoms with Gasteiger partial charge in [-0.15, -0.1) is 24.8 Å². The number of carbonyl (C=O) groups is 1. The third kappa shape index (κ3) is 3.98. The molecule has 7 heteroatoms. The Labute approximate surface area is 148 Å². The standard InChI is InChI=1S/C16H20N4O.2ClH/c1-11-3-4-14(17)7-15(11)16(21)20-6-5-12(10-20)13-8-18-19(2)9-13;;/h3-4,7-9,12H,5-6,10,17H2,1-2H3;2*1H. The summed E-state index contributed by atoms with van der Waals surface area (Å²) in [5.41, 5.74) is 9.32. The van der Waals surface area contributed by atoms with E-state index in [0.717, 1.165) is 25.1 Å². The lowest BCUT2D eigenvalue weighted by molar-refractivity contribution is 0.0790. The first-order valence-electron chi connectivity index (χ1n) is 7.18. The molecule has 2 heterocycles. The topological polar surface area (TPSA) is 64.2 Å². The second-order valence-corrected chi connectivity index (χ2v) is 5.76. The molecule has 1 unspecified atom stereocenters. The van der Waals surface area contributed by atoms with Gasteiger partial charge >= 0.3 is 0 Å². The zero-order chi connectivity index (χ0) is 15.0. The highest BCUT2D eigenvalue weighted by atomic mass is 35.5. The summed E-state index contributed by atoms with van der Waals surface area (Å²) >= 11 is 0. The molecule has 1 aliphatic heterocycles. The smallest absolute Gasteiger partial charge is 0.254 e. The van der Waals surface area contributed by atoms with E-state index in [2.05, 4.69) is 5.10 Å². The Hall–Kier alpha value is -1.72. The van der Waals surface area contributed by atoms with E-state index in [-0.39, 0.29) is 30.7 Å². The third-order valence-corrected chi connectivity index (χ3v) is 4.16. The Bertz CT molecular complexity index is 686. The first kappa shape index (κ1) is 19.3. The number of nitrogens with two attached hydrogens (primary N) is 1. The number of amides is 1. The first-order valence-corrected chi connectivity index (χ1v) is 7.18. The monoisotopic (exact) mass is 356 g/mol. The fraction of sp³-hybridized carbons (Fsp3) is 0.375. The summed E-state index contributed by atoms with van der Waals surface area (Å²) in [4.78, 5) is 14.6. The number of aromatic nitrogens is 2. The van der Waals surface area contributed by atoms with Gasteiger partial charge < -0.3 is 10.6 Å². The average Bonchev–Trinajstić information content (AvgIpc) is 3.09. The van der Waals surface area contributed by atoms with E-state index in [9.17, 15) is 4.79 Å². The highest BCUT2D eigenvalue weighted by Gasteiger charge is 2.29. The van der Waals surface area contributed by atoms with E-state index in [1.807, 2.05) is 48.1 Å². The van der Waals surface area contributed by atoms with Crippen molar-refractivity contribution < 1.29 is 4.79 Å². The van der Waals surface area contributed by atoms with Crippen molar-refractivity contribution in [3.63, 3.8) is 0 Å². The quantitative estimate of drug-likeness (QED) is 0.841. The number of likely N-dealkylation sites (tertiary alicyclic amines) is 1. The zero-order valence-electron chi connectivity index (χ0n) is 13.2. The Morgan fingerprint density at radius 3 is 2.74 bits per heavy atom. The summed E-state index contributed by atoms with van der Waals surface area (Å²) in [5, 5.41) is 4.21. The maximum atomic E-state index is 12.7. The number of rotatable bonds is 2. The molecule has 0 radical (unpaired) electrons. The molecule has 1 aliphatic rings. The van der Waals surface area contributed by atoms with E-state index in [0.29, 0.717) is 17.2 Å². The number of aryl methyl sites for hydroxylation is 2. The summed E-state index contributed by atoms with van der Waals surface area (Å²) in [6.07, 6.45) is 4.91. The third-order valence-electron chi connectivity index (χ3n) is 4.16. The number of nitrogens with zero attached hydrogens (tertiary/aromatic N) is 3. The molecule has 2 N–H and O–H groups in total. The maximum Gasteiger partial charge on any atom is 0.254 e. The number of carbonyl (C=O) groups excluding carboxylic acids is 1. The normalized spacial score (nSPS) is 16.6. The predicted octanol–water partition coefficient (Wildman–Crippen LogP) is 2.78. The van der Waals surface area contributed by atoms with Crippen LogP contribution in [-0.4, -0.2) is 33.7 Å². The van der Waals surface area contributed by atoms with Crippen molar-refractivity contribution >= 4 is 36.4 Å². The Morgan fingerprint density at radius 1 is 1.35 bits per heavy atom. The summed E-state index contributed by atoms with van der Waals surface area (Å²) in [6.45, 7) is 3.48. The predicted molar refractivity (Wildman–Crippen MR) is 96.6 cm³/mol. The van der Waals surface area contributed by atoms with Gasteiger partial charge in [-0.05, 0) is 36.6 Å². The zero-order valence-corrected chi connectivity index (χ0v) is 14.9. The van der Waals surface area contributed by atoms with Crippen LogP contribution in [0.25, 0.3) is 0 Å². The minimum absolute atomic E-state index is 0. The molecule has 0 saturated carbocycles. The van der Waals surface area contributed by atoms with Gasteiger partial charge in [-0.25, -0.2) is 0 Å². The molecule has 1 aromatic heterocycles. The van der Waals surface area contributed by atoms with Crippen molar-refractivity contribution in [3.05, 3.63) is 47.3 Å². The lowest BCUT2D eigenvalue weighted by atomic mass is 10.0. The van der Waals surface area contributed by atoms with Crippen LogP contribution in [0.15, 0.2) is 30.6 Å². The van der Waals surface area contributed by atoms with Gasteiger partial charge in [-0.1, -0.05) is 6.07 Å². The molecule has 1 fully saturated rings. The lowest BCUT2D eigenvalue weighted by Gasteiger charge is -2.18. The van der Waals surface area contributed by atoms with Crippen molar-refractivity contribution in [3.8, 4) is 0 Å². The fourth-order valence-corrected chi connectivity index (χ4v) is 2.91. The van der Waals surface area contributed by atoms with Crippen molar-refractivity contribution in [1.82, 2.24) is 14.7 Å². The molecule has 23 heavy (non-hydrogen) atoms. The molecule has 1 amide bonds. The lowest BCUT2D eigenvalue weighted by Crippen LogP contribution is -2.29. The van der Waals surface area contributed by atoms with Crippen LogP contribution in [0.5, 0.6) is 0 Å². The molecule has 1 aromatic carbocycles. The minimum Gasteiger partial charge on any atom is -0.399 e. The van der Waals surface area contributed by atoms with Crippen molar-refractivity contribution in [2.24, 2.45) is 7.05 Å². The molecule has 0 bridgehead atoms. The second kappa shape index (κ2) is 7.70. The highest BCUT2D eigenvalue weighted by molar-refractivity contribution is 5.96. The Balaban J connectivity index is 0.00000132. The maximum absolute atomic E-state index is 12.7. The van der Waals surface area contributed by atoms with Gasteiger partial charge in [0, 0.05) is 43.5 Å². The van der Waals surface area contributed by atoms with Crippen LogP contribution < -0.4 is 5.73 Å². The molecule has 1 atom stereocenters. The minimum atomic E-state index is 0. The molecular weight excluding hydrogens is 335 g/mol. The van der Waals surface area contributed by atoms with E-state index in [4.69, 9.17) is 5.73 Å². The summed E-state index contributed by atoms with van der Waals surface area (Å²) in [7, 11) is 1.91. The summed E-state index contributed by atoms with van der Waals surface area (Å²) in [6, 6.07) is 5.50. The molecule has 0 spiro atoms. The van der Waals surface area contributed by atoms with Crippen LogP contribution >= 0.6 is 24.8 Å². The number of hydrogen-bond donors (Lipinski definition) is 1. The Morgan fingerprint density at radius 2 is 2.09 bits per heavy atom. The van der Waals surface area contributed by atoms with Gasteiger partial charge in [0.15, 0.2) is 0 Å². The molecule has 0 aliphatic carbocycles. The van der Waals surface area contributed by atoms with Crippen LogP contribution in [0.2, 0.25) is 0 Å². The van der Waals surface area contributed by atoms with Crippen LogP contribution in [-0.2, 0) is 7.05 Å². The largest absolute Gasteiger partial charge is 0.399 e. The molecule has 2 aromatic rings. The molecule has 126 valence electrons. The van der Waals surface area contributed by atoms with Crippen LogP contribution in [0, 0.1) is 6.92 Å². The first-order chi connectivity index (χ1) is 10.0. The second-order valence-electron chi connectivity index (χ2n) is 5.76. The number of hydrogen-bond acceptors (Lipinski definition) is 3. The average molecular weight is 357 g/mol. The van der Waals surface area contributed by atoms with Crippen molar-refractivity contribution in [1.29, 1.82) is 0 Å². The van der Waals surface area contributed by atoms with E-state index >= 15 is 0 Å². The molecular formula is C16H22Cl2N4O. The van der Waals surface area contributed by atoms with E-state index < -0.39 is 0 Å². The van der Waals surface area contributed by atoms with Crippen molar-refractivity contribution in [2.75, 3.05) is 18.8 Å². The molecule has 3 rings (SSSR count). The summed E-state index contributed by atoms with van der Waals surface area (Å²) < 4.78 is 1.81. The highest BCUT2D eigenvalue weighted by Crippen LogP contribution is 2.28. The van der Waals surface area contributed by atoms with Gasteiger partial charge in [0.1, 0.15) is 0 Å². The number of anilines is 1. The van der Waals surface area contributed by atoms with Gasteiger partial charge in [0.25, 0.3) is 5.91 Å². The van der Waals surface area contributed by atoms with Crippen LogP contribution in [0.4, 0.5) is 5.69 Å². The van der Waals surface area contributed by atoms with Gasteiger partial charge in [0.05, 0.1) is 6.20 Å². The van der Waals surface area contributed by atoms with E-state index in [1.54, 1.807) is 6.07 Å². The number of nitrogen functional groups attached to an aromatic ring is 1. The van der Waals surface area contributed by atoms with Crippen molar-refractivity contribution in [2.45, 2.75) is 19.3 Å². The van der Waals surface area contributed by atoms with Crippen LogP contribution in [0.1, 0.15) is 33.8 Å².